The summed E-state index contributed by atoms with van der Waals surface area (Å²) in [4.78, 5) is 12.3. The van der Waals surface area contributed by atoms with Gasteiger partial charge in [0.15, 0.2) is 0 Å². The van der Waals surface area contributed by atoms with Gasteiger partial charge in [0.25, 0.3) is 15.9 Å². The van der Waals surface area contributed by atoms with Crippen LogP contribution in [0.15, 0.2) is 41.3 Å². The quantitative estimate of drug-likeness (QED) is 0.495. The van der Waals surface area contributed by atoms with E-state index in [1.807, 2.05) is 4.72 Å². The van der Waals surface area contributed by atoms with Gasteiger partial charge in [-0.05, 0) is 62.1 Å². The third kappa shape index (κ3) is 6.34. The van der Waals surface area contributed by atoms with Gasteiger partial charge in [-0.3, -0.25) is 4.79 Å². The number of nitrogens with one attached hydrogen (secondary N) is 1. The second-order valence-corrected chi connectivity index (χ2v) is 9.71. The Morgan fingerprint density at radius 3 is 2.50 bits per heavy atom. The largest absolute Gasteiger partial charge is 0.494 e. The van der Waals surface area contributed by atoms with Gasteiger partial charge in [0.05, 0.1) is 28.7 Å². The first-order chi connectivity index (χ1) is 15.3. The van der Waals surface area contributed by atoms with Crippen LogP contribution in [-0.2, 0) is 10.0 Å². The number of carbonyl (C=O) groups is 1. The Hall–Kier alpha value is -2.36. The van der Waals surface area contributed by atoms with Crippen molar-refractivity contribution in [2.45, 2.75) is 37.0 Å². The van der Waals surface area contributed by atoms with E-state index in [2.05, 4.69) is 0 Å². The van der Waals surface area contributed by atoms with Crippen LogP contribution in [0.1, 0.15) is 42.5 Å². The van der Waals surface area contributed by atoms with Gasteiger partial charge in [-0.25, -0.2) is 17.5 Å². The maximum Gasteiger partial charge on any atom is 0.268 e. The lowest BCUT2D eigenvalue weighted by Gasteiger charge is -2.14. The zero-order chi connectivity index (χ0) is 23.1. The lowest BCUT2D eigenvalue weighted by molar-refractivity contribution is 0.0977. The summed E-state index contributed by atoms with van der Waals surface area (Å²) in [5, 5.41) is 0.0333. The number of halogens is 2. The van der Waals surface area contributed by atoms with Crippen molar-refractivity contribution in [2.75, 3.05) is 19.8 Å². The van der Waals surface area contributed by atoms with Crippen molar-refractivity contribution in [3.05, 3.63) is 52.8 Å². The van der Waals surface area contributed by atoms with E-state index < -0.39 is 27.3 Å². The molecule has 0 saturated heterocycles. The number of hydrogen-bond acceptors (Lipinski definition) is 6. The minimum Gasteiger partial charge on any atom is -0.494 e. The van der Waals surface area contributed by atoms with E-state index in [4.69, 9.17) is 26.8 Å². The molecule has 174 valence electrons. The Morgan fingerprint density at radius 1 is 1.16 bits per heavy atom. The standard InChI is InChI=1S/C22H26ClFN2O5S/c23-19-12-18(20(24)13-21(19)31-14-15-4-1-2-5-15)22(27)26-32(28,29)17-8-6-16(7-9-17)30-11-3-10-25/h6-9,12-13,15H,1-5,10-11,14,25H2,(H,26,27). The summed E-state index contributed by atoms with van der Waals surface area (Å²) in [6.45, 7) is 1.30. The summed E-state index contributed by atoms with van der Waals surface area (Å²) in [5.41, 5.74) is 4.90. The Bertz CT molecular complexity index is 1040. The van der Waals surface area contributed by atoms with Crippen molar-refractivity contribution in [1.82, 2.24) is 4.72 Å². The Kier molecular flexibility index (Phi) is 8.33. The van der Waals surface area contributed by atoms with Gasteiger partial charge >= 0.3 is 0 Å². The molecule has 3 rings (SSSR count). The summed E-state index contributed by atoms with van der Waals surface area (Å²) < 4.78 is 52.5. The molecule has 0 aliphatic heterocycles. The normalized spacial score (nSPS) is 14.3. The van der Waals surface area contributed by atoms with Crippen LogP contribution in [0, 0.1) is 11.7 Å². The summed E-state index contributed by atoms with van der Waals surface area (Å²) in [7, 11) is -4.23. The number of hydrogen-bond donors (Lipinski definition) is 2. The van der Waals surface area contributed by atoms with Gasteiger partial charge in [-0.15, -0.1) is 0 Å². The molecule has 0 atom stereocenters. The first kappa shape index (κ1) is 24.3. The Balaban J connectivity index is 1.66. The SMILES string of the molecule is NCCCOc1ccc(S(=O)(=O)NC(=O)c2cc(Cl)c(OCC3CCCC3)cc2F)cc1. The molecule has 10 heteroatoms. The topological polar surface area (TPSA) is 108 Å². The van der Waals surface area contributed by atoms with Crippen molar-refractivity contribution in [1.29, 1.82) is 0 Å². The summed E-state index contributed by atoms with van der Waals surface area (Å²) >= 11 is 6.15. The summed E-state index contributed by atoms with van der Waals surface area (Å²) in [6, 6.07) is 7.58. The minimum absolute atomic E-state index is 0.0333. The average molecular weight is 485 g/mol. The first-order valence-electron chi connectivity index (χ1n) is 10.4. The number of nitrogens with two attached hydrogens (primary N) is 1. The molecule has 32 heavy (non-hydrogen) atoms. The summed E-state index contributed by atoms with van der Waals surface area (Å²) in [5.74, 6) is -1.06. The van der Waals surface area contributed by atoms with Crippen LogP contribution in [0.25, 0.3) is 0 Å². The molecule has 1 aliphatic rings. The fourth-order valence-electron chi connectivity index (χ4n) is 3.42. The highest BCUT2D eigenvalue weighted by molar-refractivity contribution is 7.90. The highest BCUT2D eigenvalue weighted by atomic mass is 35.5. The van der Waals surface area contributed by atoms with Crippen molar-refractivity contribution >= 4 is 27.5 Å². The smallest absolute Gasteiger partial charge is 0.268 e. The van der Waals surface area contributed by atoms with E-state index in [9.17, 15) is 17.6 Å². The predicted octanol–water partition coefficient (Wildman–Crippen LogP) is 3.89. The van der Waals surface area contributed by atoms with E-state index in [0.29, 0.717) is 37.8 Å². The van der Waals surface area contributed by atoms with Gasteiger partial charge in [0.2, 0.25) is 0 Å². The number of sulfonamides is 1. The van der Waals surface area contributed by atoms with Gasteiger partial charge in [0.1, 0.15) is 17.3 Å². The molecule has 2 aromatic carbocycles. The molecule has 0 bridgehead atoms. The van der Waals surface area contributed by atoms with Gasteiger partial charge in [-0.2, -0.15) is 0 Å². The number of carbonyl (C=O) groups excluding carboxylic acids is 1. The maximum absolute atomic E-state index is 14.5. The highest BCUT2D eigenvalue weighted by Gasteiger charge is 2.23. The number of amides is 1. The fraction of sp³-hybridized carbons (Fsp3) is 0.409. The highest BCUT2D eigenvalue weighted by Crippen LogP contribution is 2.31. The van der Waals surface area contributed by atoms with Crippen molar-refractivity contribution < 1.29 is 27.1 Å². The molecular weight excluding hydrogens is 459 g/mol. The predicted molar refractivity (Wildman–Crippen MR) is 119 cm³/mol. The molecule has 1 amide bonds. The number of rotatable bonds is 10. The van der Waals surface area contributed by atoms with Crippen LogP contribution in [0.2, 0.25) is 5.02 Å². The summed E-state index contributed by atoms with van der Waals surface area (Å²) in [6.07, 6.45) is 5.06. The van der Waals surface area contributed by atoms with Gasteiger partial charge in [-0.1, -0.05) is 24.4 Å². The molecule has 0 radical (unpaired) electrons. The Morgan fingerprint density at radius 2 is 1.84 bits per heavy atom. The number of benzene rings is 2. The third-order valence-electron chi connectivity index (χ3n) is 5.19. The monoisotopic (exact) mass is 484 g/mol. The molecule has 0 aromatic heterocycles. The molecule has 3 N–H and O–H groups in total. The lowest BCUT2D eigenvalue weighted by atomic mass is 10.1. The van der Waals surface area contributed by atoms with E-state index in [1.165, 1.54) is 24.3 Å². The molecule has 1 aliphatic carbocycles. The van der Waals surface area contributed by atoms with Crippen LogP contribution in [0.3, 0.4) is 0 Å². The zero-order valence-electron chi connectivity index (χ0n) is 17.5. The molecule has 7 nitrogen and oxygen atoms in total. The minimum atomic E-state index is -4.23. The maximum atomic E-state index is 14.5. The fourth-order valence-corrected chi connectivity index (χ4v) is 4.61. The zero-order valence-corrected chi connectivity index (χ0v) is 19.1. The van der Waals surface area contributed by atoms with Crippen LogP contribution in [-0.4, -0.2) is 34.1 Å². The lowest BCUT2D eigenvalue weighted by Crippen LogP contribution is -2.31. The van der Waals surface area contributed by atoms with E-state index in [-0.39, 0.29) is 15.7 Å². The van der Waals surface area contributed by atoms with Crippen LogP contribution in [0.5, 0.6) is 11.5 Å². The second kappa shape index (κ2) is 11.0. The average Bonchev–Trinajstić information content (AvgIpc) is 3.28. The number of ether oxygens (including phenoxy) is 2. The molecule has 1 fully saturated rings. The molecule has 2 aromatic rings. The third-order valence-corrected chi connectivity index (χ3v) is 6.84. The molecular formula is C22H26ClFN2O5S. The first-order valence-corrected chi connectivity index (χ1v) is 12.3. The second-order valence-electron chi connectivity index (χ2n) is 7.62. The van der Waals surface area contributed by atoms with Crippen LogP contribution in [0.4, 0.5) is 4.39 Å². The van der Waals surface area contributed by atoms with E-state index >= 15 is 0 Å². The molecule has 0 unspecified atom stereocenters. The molecule has 0 heterocycles. The van der Waals surface area contributed by atoms with Crippen LogP contribution < -0.4 is 19.9 Å². The van der Waals surface area contributed by atoms with Crippen molar-refractivity contribution in [3.63, 3.8) is 0 Å². The Labute approximate surface area is 192 Å². The van der Waals surface area contributed by atoms with E-state index in [0.717, 1.165) is 37.8 Å². The van der Waals surface area contributed by atoms with E-state index in [1.54, 1.807) is 0 Å². The van der Waals surface area contributed by atoms with Crippen molar-refractivity contribution in [3.8, 4) is 11.5 Å². The molecule has 1 saturated carbocycles. The van der Waals surface area contributed by atoms with Crippen molar-refractivity contribution in [2.24, 2.45) is 11.7 Å². The molecule has 0 spiro atoms. The van der Waals surface area contributed by atoms with Gasteiger partial charge in [0, 0.05) is 6.07 Å². The van der Waals surface area contributed by atoms with Gasteiger partial charge < -0.3 is 15.2 Å². The van der Waals surface area contributed by atoms with Crippen LogP contribution >= 0.6 is 11.6 Å².